The Morgan fingerprint density at radius 3 is 2.76 bits per heavy atom. The summed E-state index contributed by atoms with van der Waals surface area (Å²) >= 11 is 1.53. The summed E-state index contributed by atoms with van der Waals surface area (Å²) in [4.78, 5) is 29.3. The maximum Gasteiger partial charge on any atom is 0.311 e. The van der Waals surface area contributed by atoms with Crippen LogP contribution in [-0.4, -0.2) is 28.5 Å². The van der Waals surface area contributed by atoms with E-state index in [1.807, 2.05) is 17.5 Å². The minimum atomic E-state index is -0.824. The Balaban J connectivity index is 1.62. The number of nitrogens with one attached hydrogen (secondary N) is 1. The Morgan fingerprint density at radius 2 is 2.12 bits per heavy atom. The molecule has 0 unspecified atom stereocenters. The molecule has 1 aliphatic rings. The Hall–Kier alpha value is -2.15. The molecule has 134 valence electrons. The van der Waals surface area contributed by atoms with Crippen LogP contribution in [0.5, 0.6) is 0 Å². The van der Waals surface area contributed by atoms with Gasteiger partial charge in [-0.05, 0) is 31.2 Å². The lowest BCUT2D eigenvalue weighted by Gasteiger charge is -2.33. The first kappa shape index (κ1) is 17.7. The molecule has 0 spiro atoms. The van der Waals surface area contributed by atoms with E-state index in [1.165, 1.54) is 11.3 Å². The van der Waals surface area contributed by atoms with Crippen LogP contribution in [0.2, 0.25) is 0 Å². The van der Waals surface area contributed by atoms with E-state index in [0.29, 0.717) is 30.2 Å². The molecule has 0 radical (unpaired) electrons. The lowest BCUT2D eigenvalue weighted by atomic mass is 9.74. The van der Waals surface area contributed by atoms with Gasteiger partial charge in [0, 0.05) is 6.54 Å². The summed E-state index contributed by atoms with van der Waals surface area (Å²) in [5.41, 5.74) is -0.233. The van der Waals surface area contributed by atoms with Crippen LogP contribution in [0, 0.1) is 12.3 Å². The second-order valence-corrected chi connectivity index (χ2v) is 7.55. The molecule has 0 saturated heterocycles. The summed E-state index contributed by atoms with van der Waals surface area (Å²) in [7, 11) is 0. The number of thiophene rings is 1. The van der Waals surface area contributed by atoms with E-state index in [-0.39, 0.29) is 18.9 Å². The predicted molar refractivity (Wildman–Crippen MR) is 94.4 cm³/mol. The predicted octanol–water partition coefficient (Wildman–Crippen LogP) is 3.41. The normalized spacial score (nSPS) is 16.5. The fraction of sp³-hybridized carbons (Fsp3) is 0.500. The van der Waals surface area contributed by atoms with Crippen LogP contribution < -0.4 is 5.32 Å². The second kappa shape index (κ2) is 7.39. The van der Waals surface area contributed by atoms with Gasteiger partial charge in [0.1, 0.15) is 5.76 Å². The number of aliphatic carboxylic acids is 1. The van der Waals surface area contributed by atoms with Crippen LogP contribution in [0.1, 0.15) is 43.6 Å². The van der Waals surface area contributed by atoms with Crippen LogP contribution in [-0.2, 0) is 16.0 Å². The third-order valence-electron chi connectivity index (χ3n) is 4.84. The molecule has 1 fully saturated rings. The van der Waals surface area contributed by atoms with Gasteiger partial charge in [0.2, 0.25) is 11.8 Å². The molecule has 3 rings (SSSR count). The third-order valence-corrected chi connectivity index (χ3v) is 5.70. The van der Waals surface area contributed by atoms with Gasteiger partial charge in [0.05, 0.1) is 22.4 Å². The highest BCUT2D eigenvalue weighted by Crippen LogP contribution is 2.36. The van der Waals surface area contributed by atoms with Gasteiger partial charge in [-0.3, -0.25) is 9.59 Å². The number of nitrogens with zero attached hydrogens (tertiary/aromatic N) is 1. The third kappa shape index (κ3) is 3.92. The smallest absolute Gasteiger partial charge is 0.311 e. The topological polar surface area (TPSA) is 92.4 Å². The van der Waals surface area contributed by atoms with Crippen molar-refractivity contribution in [1.29, 1.82) is 0 Å². The molecule has 0 bridgehead atoms. The Bertz CT molecular complexity index is 745. The van der Waals surface area contributed by atoms with Gasteiger partial charge >= 0.3 is 5.97 Å². The van der Waals surface area contributed by atoms with Crippen molar-refractivity contribution >= 4 is 23.2 Å². The highest BCUT2D eigenvalue weighted by atomic mass is 32.1. The van der Waals surface area contributed by atoms with Gasteiger partial charge in [-0.1, -0.05) is 25.3 Å². The van der Waals surface area contributed by atoms with Crippen molar-refractivity contribution in [2.75, 3.05) is 6.54 Å². The van der Waals surface area contributed by atoms with E-state index >= 15 is 0 Å². The molecule has 25 heavy (non-hydrogen) atoms. The zero-order chi connectivity index (χ0) is 17.9. The van der Waals surface area contributed by atoms with Crippen molar-refractivity contribution in [3.05, 3.63) is 29.0 Å². The summed E-state index contributed by atoms with van der Waals surface area (Å²) in [5.74, 6) is 0.0965. The van der Waals surface area contributed by atoms with Gasteiger partial charge in [-0.25, -0.2) is 4.98 Å². The SMILES string of the molecule is Cc1oc(-c2cccs2)nc1CC(=O)NCC1(C(=O)O)CCCCC1. The van der Waals surface area contributed by atoms with E-state index in [4.69, 9.17) is 4.42 Å². The van der Waals surface area contributed by atoms with Crippen molar-refractivity contribution in [2.24, 2.45) is 5.41 Å². The molecule has 2 aromatic heterocycles. The highest BCUT2D eigenvalue weighted by Gasteiger charge is 2.39. The number of carboxylic acid groups (broad SMARTS) is 1. The number of hydrogen-bond donors (Lipinski definition) is 2. The molecular weight excluding hydrogens is 340 g/mol. The highest BCUT2D eigenvalue weighted by molar-refractivity contribution is 7.13. The van der Waals surface area contributed by atoms with E-state index in [9.17, 15) is 14.7 Å². The van der Waals surface area contributed by atoms with Crippen LogP contribution >= 0.6 is 11.3 Å². The van der Waals surface area contributed by atoms with Crippen molar-refractivity contribution in [3.8, 4) is 10.8 Å². The number of hydrogen-bond acceptors (Lipinski definition) is 5. The zero-order valence-corrected chi connectivity index (χ0v) is 15.0. The molecule has 0 aromatic carbocycles. The number of oxazole rings is 1. The van der Waals surface area contributed by atoms with E-state index in [1.54, 1.807) is 6.92 Å². The summed E-state index contributed by atoms with van der Waals surface area (Å²) < 4.78 is 5.64. The first-order valence-electron chi connectivity index (χ1n) is 8.50. The summed E-state index contributed by atoms with van der Waals surface area (Å²) in [6.45, 7) is 1.96. The van der Waals surface area contributed by atoms with E-state index in [0.717, 1.165) is 24.1 Å². The summed E-state index contributed by atoms with van der Waals surface area (Å²) in [6, 6.07) is 3.83. The lowest BCUT2D eigenvalue weighted by molar-refractivity contribution is -0.151. The number of aromatic nitrogens is 1. The lowest BCUT2D eigenvalue weighted by Crippen LogP contribution is -2.44. The van der Waals surface area contributed by atoms with E-state index in [2.05, 4.69) is 10.3 Å². The molecule has 2 aromatic rings. The van der Waals surface area contributed by atoms with Gasteiger partial charge < -0.3 is 14.8 Å². The fourth-order valence-corrected chi connectivity index (χ4v) is 3.92. The fourth-order valence-electron chi connectivity index (χ4n) is 3.27. The van der Waals surface area contributed by atoms with Crippen molar-refractivity contribution in [2.45, 2.75) is 45.4 Å². The molecule has 0 atom stereocenters. The van der Waals surface area contributed by atoms with Crippen molar-refractivity contribution in [1.82, 2.24) is 10.3 Å². The van der Waals surface area contributed by atoms with Crippen LogP contribution in [0.3, 0.4) is 0 Å². The van der Waals surface area contributed by atoms with Gasteiger partial charge in [-0.15, -0.1) is 11.3 Å². The number of carbonyl (C=O) groups excluding carboxylic acids is 1. The minimum absolute atomic E-state index is 0.0937. The molecule has 0 aliphatic heterocycles. The van der Waals surface area contributed by atoms with Crippen molar-refractivity contribution in [3.63, 3.8) is 0 Å². The standard InChI is InChI=1S/C18H22N2O4S/c1-12-13(20-16(24-12)14-6-5-9-25-14)10-15(21)19-11-18(17(22)23)7-3-2-4-8-18/h5-6,9H,2-4,7-8,10-11H2,1H3,(H,19,21)(H,22,23). The minimum Gasteiger partial charge on any atom is -0.481 e. The van der Waals surface area contributed by atoms with Crippen LogP contribution in [0.4, 0.5) is 0 Å². The number of amides is 1. The monoisotopic (exact) mass is 362 g/mol. The van der Waals surface area contributed by atoms with Crippen LogP contribution in [0.15, 0.2) is 21.9 Å². The maximum atomic E-state index is 12.3. The molecule has 1 amide bonds. The first-order chi connectivity index (χ1) is 12.0. The first-order valence-corrected chi connectivity index (χ1v) is 9.38. The molecule has 2 heterocycles. The number of rotatable bonds is 6. The Labute approximate surface area is 150 Å². The molecular formula is C18H22N2O4S. The Kier molecular flexibility index (Phi) is 5.22. The molecule has 6 nitrogen and oxygen atoms in total. The quantitative estimate of drug-likeness (QED) is 0.821. The number of carboxylic acids is 1. The second-order valence-electron chi connectivity index (χ2n) is 6.60. The summed E-state index contributed by atoms with van der Waals surface area (Å²) in [5, 5.41) is 14.3. The molecule has 1 saturated carbocycles. The number of carbonyl (C=O) groups is 2. The average Bonchev–Trinajstić information content (AvgIpc) is 3.24. The molecule has 7 heteroatoms. The largest absolute Gasteiger partial charge is 0.481 e. The Morgan fingerprint density at radius 1 is 1.36 bits per heavy atom. The van der Waals surface area contributed by atoms with E-state index < -0.39 is 11.4 Å². The van der Waals surface area contributed by atoms with Crippen LogP contribution in [0.25, 0.3) is 10.8 Å². The van der Waals surface area contributed by atoms with Crippen molar-refractivity contribution < 1.29 is 19.1 Å². The van der Waals surface area contributed by atoms with Gasteiger partial charge in [0.25, 0.3) is 0 Å². The van der Waals surface area contributed by atoms with Gasteiger partial charge in [0.15, 0.2) is 0 Å². The zero-order valence-electron chi connectivity index (χ0n) is 14.2. The average molecular weight is 362 g/mol. The maximum absolute atomic E-state index is 12.3. The number of aryl methyl sites for hydroxylation is 1. The van der Waals surface area contributed by atoms with Gasteiger partial charge in [-0.2, -0.15) is 0 Å². The molecule has 2 N–H and O–H groups in total. The summed E-state index contributed by atoms with van der Waals surface area (Å²) in [6.07, 6.45) is 4.19. The molecule has 1 aliphatic carbocycles.